The van der Waals surface area contributed by atoms with E-state index < -0.39 is 0 Å². The molecule has 0 unspecified atom stereocenters. The van der Waals surface area contributed by atoms with Crippen molar-refractivity contribution in [1.29, 1.82) is 0 Å². The SMILES string of the molecule is CNC(=O)/C(Cc1ccccc1)=N/O. The highest BCUT2D eigenvalue weighted by molar-refractivity contribution is 6.39. The summed E-state index contributed by atoms with van der Waals surface area (Å²) in [5, 5.41) is 14.0. The van der Waals surface area contributed by atoms with E-state index in [-0.39, 0.29) is 11.6 Å². The Bertz CT molecular complexity index is 333. The summed E-state index contributed by atoms with van der Waals surface area (Å²) >= 11 is 0. The normalized spacial score (nSPS) is 11.1. The molecule has 0 aromatic heterocycles. The summed E-state index contributed by atoms with van der Waals surface area (Å²) in [6, 6.07) is 9.36. The highest BCUT2D eigenvalue weighted by Gasteiger charge is 2.10. The fraction of sp³-hybridized carbons (Fsp3) is 0.200. The number of nitrogens with zero attached hydrogens (tertiary/aromatic N) is 1. The lowest BCUT2D eigenvalue weighted by Crippen LogP contribution is -2.29. The minimum Gasteiger partial charge on any atom is -0.410 e. The van der Waals surface area contributed by atoms with E-state index in [2.05, 4.69) is 10.5 Å². The summed E-state index contributed by atoms with van der Waals surface area (Å²) in [5.74, 6) is -0.364. The molecule has 0 aliphatic heterocycles. The molecule has 0 saturated carbocycles. The van der Waals surface area contributed by atoms with E-state index in [0.717, 1.165) is 5.56 Å². The Kier molecular flexibility index (Phi) is 3.67. The number of carbonyl (C=O) groups excluding carboxylic acids is 1. The number of rotatable bonds is 3. The second-order valence-corrected chi connectivity index (χ2v) is 2.79. The summed E-state index contributed by atoms with van der Waals surface area (Å²) < 4.78 is 0. The van der Waals surface area contributed by atoms with Crippen LogP contribution in [0.3, 0.4) is 0 Å². The molecular weight excluding hydrogens is 180 g/mol. The van der Waals surface area contributed by atoms with Gasteiger partial charge in [-0.05, 0) is 5.56 Å². The molecule has 1 amide bonds. The number of nitrogens with one attached hydrogen (secondary N) is 1. The monoisotopic (exact) mass is 192 g/mol. The second-order valence-electron chi connectivity index (χ2n) is 2.79. The van der Waals surface area contributed by atoms with Crippen molar-refractivity contribution in [2.75, 3.05) is 7.05 Å². The second kappa shape index (κ2) is 5.01. The standard InChI is InChI=1S/C10H12N2O2/c1-11-10(13)9(12-14)7-8-5-3-2-4-6-8/h2-6,14H,7H2,1H3,(H,11,13)/b12-9+. The third-order valence-corrected chi connectivity index (χ3v) is 1.82. The summed E-state index contributed by atoms with van der Waals surface area (Å²) in [6.07, 6.45) is 0.330. The molecule has 0 fully saturated rings. The maximum Gasteiger partial charge on any atom is 0.269 e. The van der Waals surface area contributed by atoms with Crippen LogP contribution in [0.5, 0.6) is 0 Å². The summed E-state index contributed by atoms with van der Waals surface area (Å²) in [4.78, 5) is 11.1. The highest BCUT2D eigenvalue weighted by atomic mass is 16.4. The Morgan fingerprint density at radius 2 is 2.07 bits per heavy atom. The molecule has 0 radical (unpaired) electrons. The van der Waals surface area contributed by atoms with Crippen LogP contribution in [-0.4, -0.2) is 23.9 Å². The first-order chi connectivity index (χ1) is 6.77. The third kappa shape index (κ3) is 2.58. The average Bonchev–Trinajstić information content (AvgIpc) is 2.26. The van der Waals surface area contributed by atoms with E-state index in [1.165, 1.54) is 7.05 Å². The van der Waals surface area contributed by atoms with Crippen molar-refractivity contribution >= 4 is 11.6 Å². The Labute approximate surface area is 82.2 Å². The van der Waals surface area contributed by atoms with Gasteiger partial charge in [0.05, 0.1) is 0 Å². The first-order valence-electron chi connectivity index (χ1n) is 4.25. The van der Waals surface area contributed by atoms with E-state index in [9.17, 15) is 4.79 Å². The largest absolute Gasteiger partial charge is 0.410 e. The van der Waals surface area contributed by atoms with Crippen molar-refractivity contribution in [2.24, 2.45) is 5.16 Å². The molecular formula is C10H12N2O2. The summed E-state index contributed by atoms with van der Waals surface area (Å²) in [7, 11) is 1.50. The molecule has 14 heavy (non-hydrogen) atoms. The number of benzene rings is 1. The van der Waals surface area contributed by atoms with Crippen molar-refractivity contribution in [3.63, 3.8) is 0 Å². The zero-order valence-corrected chi connectivity index (χ0v) is 7.90. The van der Waals surface area contributed by atoms with E-state index >= 15 is 0 Å². The van der Waals surface area contributed by atoms with E-state index in [4.69, 9.17) is 5.21 Å². The Hall–Kier alpha value is -1.84. The van der Waals surface area contributed by atoms with Gasteiger partial charge >= 0.3 is 0 Å². The molecule has 0 bridgehead atoms. The number of amides is 1. The van der Waals surface area contributed by atoms with Crippen molar-refractivity contribution in [3.05, 3.63) is 35.9 Å². The summed E-state index contributed by atoms with van der Waals surface area (Å²) in [6.45, 7) is 0. The topological polar surface area (TPSA) is 61.7 Å². The van der Waals surface area contributed by atoms with Gasteiger partial charge in [0.1, 0.15) is 5.71 Å². The molecule has 1 rings (SSSR count). The first-order valence-corrected chi connectivity index (χ1v) is 4.25. The van der Waals surface area contributed by atoms with Crippen molar-refractivity contribution in [3.8, 4) is 0 Å². The molecule has 0 atom stereocenters. The van der Waals surface area contributed by atoms with Crippen LogP contribution in [0.4, 0.5) is 0 Å². The Morgan fingerprint density at radius 3 is 2.57 bits per heavy atom. The molecule has 0 heterocycles. The van der Waals surface area contributed by atoms with Gasteiger partial charge in [0.25, 0.3) is 5.91 Å². The van der Waals surface area contributed by atoms with Gasteiger partial charge in [0.15, 0.2) is 0 Å². The maximum absolute atomic E-state index is 11.1. The number of carbonyl (C=O) groups is 1. The number of hydrogen-bond acceptors (Lipinski definition) is 3. The van der Waals surface area contributed by atoms with Crippen molar-refractivity contribution in [1.82, 2.24) is 5.32 Å². The molecule has 1 aromatic rings. The van der Waals surface area contributed by atoms with Crippen LogP contribution in [0.2, 0.25) is 0 Å². The lowest BCUT2D eigenvalue weighted by atomic mass is 10.1. The number of oxime groups is 1. The minimum atomic E-state index is -0.364. The molecule has 0 saturated heterocycles. The molecule has 74 valence electrons. The van der Waals surface area contributed by atoms with Crippen LogP contribution in [0.25, 0.3) is 0 Å². The molecule has 4 nitrogen and oxygen atoms in total. The van der Waals surface area contributed by atoms with Crippen LogP contribution in [-0.2, 0) is 11.2 Å². The highest BCUT2D eigenvalue weighted by Crippen LogP contribution is 2.00. The van der Waals surface area contributed by atoms with Gasteiger partial charge in [-0.3, -0.25) is 4.79 Å². The fourth-order valence-electron chi connectivity index (χ4n) is 1.09. The van der Waals surface area contributed by atoms with Gasteiger partial charge in [-0.2, -0.15) is 0 Å². The summed E-state index contributed by atoms with van der Waals surface area (Å²) in [5.41, 5.74) is 1.04. The Morgan fingerprint density at radius 1 is 1.43 bits per heavy atom. The average molecular weight is 192 g/mol. The van der Waals surface area contributed by atoms with Crippen LogP contribution < -0.4 is 5.32 Å². The minimum absolute atomic E-state index is 0.110. The van der Waals surface area contributed by atoms with Gasteiger partial charge in [-0.1, -0.05) is 35.5 Å². The lowest BCUT2D eigenvalue weighted by Gasteiger charge is -2.02. The first kappa shape index (κ1) is 10.2. The van der Waals surface area contributed by atoms with E-state index in [1.807, 2.05) is 30.3 Å². The molecule has 0 aliphatic rings. The zero-order chi connectivity index (χ0) is 10.4. The van der Waals surface area contributed by atoms with Crippen LogP contribution in [0.15, 0.2) is 35.5 Å². The van der Waals surface area contributed by atoms with Gasteiger partial charge in [-0.25, -0.2) is 0 Å². The maximum atomic E-state index is 11.1. The zero-order valence-electron chi connectivity index (χ0n) is 7.90. The molecule has 2 N–H and O–H groups in total. The predicted molar refractivity (Wildman–Crippen MR) is 53.4 cm³/mol. The van der Waals surface area contributed by atoms with Gasteiger partial charge in [0.2, 0.25) is 0 Å². The molecule has 4 heteroatoms. The third-order valence-electron chi connectivity index (χ3n) is 1.82. The Balaban J connectivity index is 2.73. The van der Waals surface area contributed by atoms with E-state index in [0.29, 0.717) is 6.42 Å². The van der Waals surface area contributed by atoms with Crippen LogP contribution in [0, 0.1) is 0 Å². The molecule has 0 spiro atoms. The lowest BCUT2D eigenvalue weighted by molar-refractivity contribution is -0.114. The van der Waals surface area contributed by atoms with Crippen LogP contribution in [0.1, 0.15) is 5.56 Å². The quantitative estimate of drug-likeness (QED) is 0.423. The van der Waals surface area contributed by atoms with Gasteiger partial charge < -0.3 is 10.5 Å². The fourth-order valence-corrected chi connectivity index (χ4v) is 1.09. The molecule has 1 aromatic carbocycles. The molecule has 0 aliphatic carbocycles. The van der Waals surface area contributed by atoms with Gasteiger partial charge in [0, 0.05) is 13.5 Å². The van der Waals surface area contributed by atoms with Crippen molar-refractivity contribution < 1.29 is 10.0 Å². The van der Waals surface area contributed by atoms with Crippen LogP contribution >= 0.6 is 0 Å². The number of hydrogen-bond donors (Lipinski definition) is 2. The predicted octanol–water partition coefficient (Wildman–Crippen LogP) is 0.805. The van der Waals surface area contributed by atoms with Gasteiger partial charge in [-0.15, -0.1) is 0 Å². The van der Waals surface area contributed by atoms with Crippen molar-refractivity contribution in [2.45, 2.75) is 6.42 Å². The van der Waals surface area contributed by atoms with E-state index in [1.54, 1.807) is 0 Å². The smallest absolute Gasteiger partial charge is 0.269 e.